The van der Waals surface area contributed by atoms with Crippen molar-refractivity contribution in [3.63, 3.8) is 0 Å². The first kappa shape index (κ1) is 29.8. The van der Waals surface area contributed by atoms with Gasteiger partial charge in [-0.15, -0.1) is 0 Å². The molecule has 3 aromatic carbocycles. The summed E-state index contributed by atoms with van der Waals surface area (Å²) in [6.07, 6.45) is 4.24. The van der Waals surface area contributed by atoms with Crippen LogP contribution in [0.1, 0.15) is 68.3 Å². The third-order valence-corrected chi connectivity index (χ3v) is 7.26. The lowest BCUT2D eigenvalue weighted by molar-refractivity contribution is -0.118. The summed E-state index contributed by atoms with van der Waals surface area (Å²) < 4.78 is 23.3. The Hall–Kier alpha value is -3.22. The highest BCUT2D eigenvalue weighted by molar-refractivity contribution is 6.30. The van der Waals surface area contributed by atoms with Gasteiger partial charge in [-0.2, -0.15) is 0 Å². The van der Waals surface area contributed by atoms with Crippen molar-refractivity contribution in [2.75, 3.05) is 38.4 Å². The van der Waals surface area contributed by atoms with Gasteiger partial charge in [0.25, 0.3) is 0 Å². The van der Waals surface area contributed by atoms with Crippen LogP contribution in [0.25, 0.3) is 0 Å². The molecule has 1 aliphatic heterocycles. The normalized spacial score (nSPS) is 14.7. The Morgan fingerprint density at radius 1 is 0.875 bits per heavy atom. The quantitative estimate of drug-likeness (QED) is 0.189. The van der Waals surface area contributed by atoms with E-state index in [2.05, 4.69) is 13.0 Å². The van der Waals surface area contributed by atoms with Crippen LogP contribution in [0.2, 0.25) is 5.02 Å². The zero-order valence-corrected chi connectivity index (χ0v) is 24.8. The van der Waals surface area contributed by atoms with E-state index in [9.17, 15) is 4.79 Å². The number of rotatable bonds is 14. The van der Waals surface area contributed by atoms with Crippen molar-refractivity contribution in [3.05, 3.63) is 81.9 Å². The molecular weight excluding hydrogens is 526 g/mol. The number of methoxy groups -OCH3 is 1. The lowest BCUT2D eigenvalue weighted by Gasteiger charge is -2.38. The Bertz CT molecular complexity index is 1280. The number of ether oxygens (including phenoxy) is 4. The summed E-state index contributed by atoms with van der Waals surface area (Å²) in [4.78, 5) is 15.7. The second kappa shape index (κ2) is 14.4. The van der Waals surface area contributed by atoms with Gasteiger partial charge < -0.3 is 18.9 Å². The zero-order valence-electron chi connectivity index (χ0n) is 24.0. The van der Waals surface area contributed by atoms with E-state index in [0.29, 0.717) is 35.5 Å². The van der Waals surface area contributed by atoms with Crippen molar-refractivity contribution in [2.24, 2.45) is 0 Å². The number of carbonyl (C=O) groups is 1. The predicted octanol–water partition coefficient (Wildman–Crippen LogP) is 7.57. The Morgan fingerprint density at radius 3 is 2.27 bits per heavy atom. The van der Waals surface area contributed by atoms with Gasteiger partial charge in [0.1, 0.15) is 5.75 Å². The summed E-state index contributed by atoms with van der Waals surface area (Å²) >= 11 is 6.25. The predicted molar refractivity (Wildman–Crippen MR) is 160 cm³/mol. The molecule has 6 nitrogen and oxygen atoms in total. The third kappa shape index (κ3) is 6.91. The first-order valence-electron chi connectivity index (χ1n) is 14.2. The van der Waals surface area contributed by atoms with Gasteiger partial charge in [-0.05, 0) is 98.2 Å². The van der Waals surface area contributed by atoms with E-state index >= 15 is 0 Å². The second-order valence-electron chi connectivity index (χ2n) is 9.83. The highest BCUT2D eigenvalue weighted by Crippen LogP contribution is 2.46. The molecule has 1 unspecified atom stereocenters. The summed E-state index contributed by atoms with van der Waals surface area (Å²) in [7, 11) is 1.66. The van der Waals surface area contributed by atoms with Crippen molar-refractivity contribution >= 4 is 23.2 Å². The maximum atomic E-state index is 13.9. The molecule has 0 saturated carbocycles. The fraction of sp³-hybridized carbons (Fsp3) is 0.424. The SMILES string of the molecule is CCCOCCCCc1ccc(N2C(=O)Cc3cc(OCC)c(OCC)cc3C2c2ccc(Cl)cc2)c(OC)c1. The van der Waals surface area contributed by atoms with E-state index in [0.717, 1.165) is 61.3 Å². The number of benzene rings is 3. The van der Waals surface area contributed by atoms with Crippen LogP contribution in [0.3, 0.4) is 0 Å². The number of halogens is 1. The number of unbranched alkanes of at least 4 members (excludes halogenated alkanes) is 1. The fourth-order valence-electron chi connectivity index (χ4n) is 5.20. The van der Waals surface area contributed by atoms with Crippen LogP contribution in [-0.4, -0.2) is 39.4 Å². The average molecular weight is 566 g/mol. The summed E-state index contributed by atoms with van der Waals surface area (Å²) in [5.41, 5.74) is 4.77. The molecule has 1 atom stereocenters. The lowest BCUT2D eigenvalue weighted by Crippen LogP contribution is -2.41. The molecule has 214 valence electrons. The number of amides is 1. The topological polar surface area (TPSA) is 57.2 Å². The van der Waals surface area contributed by atoms with Gasteiger partial charge in [-0.1, -0.05) is 36.7 Å². The van der Waals surface area contributed by atoms with Crippen LogP contribution in [0.15, 0.2) is 54.6 Å². The van der Waals surface area contributed by atoms with Gasteiger partial charge in [0.2, 0.25) is 5.91 Å². The van der Waals surface area contributed by atoms with E-state index in [1.54, 1.807) is 7.11 Å². The maximum absolute atomic E-state index is 13.9. The molecule has 1 amide bonds. The molecule has 0 aromatic heterocycles. The smallest absolute Gasteiger partial charge is 0.232 e. The molecule has 1 heterocycles. The van der Waals surface area contributed by atoms with E-state index < -0.39 is 0 Å². The third-order valence-electron chi connectivity index (χ3n) is 7.01. The molecule has 0 bridgehead atoms. The zero-order chi connectivity index (χ0) is 28.5. The largest absolute Gasteiger partial charge is 0.495 e. The molecule has 0 fully saturated rings. The van der Waals surface area contributed by atoms with Gasteiger partial charge in [-0.3, -0.25) is 9.69 Å². The van der Waals surface area contributed by atoms with Gasteiger partial charge in [0.15, 0.2) is 11.5 Å². The molecule has 40 heavy (non-hydrogen) atoms. The van der Waals surface area contributed by atoms with Crippen molar-refractivity contribution in [1.29, 1.82) is 0 Å². The standard InChI is InChI=1S/C33H40ClNO5/c1-5-17-38-18-9-8-10-23-11-16-28(29(19-23)37-4)35-32(36)21-25-20-30(39-6-2)31(40-7-3)22-27(25)33(35)24-12-14-26(34)15-13-24/h11-16,19-20,22,33H,5-10,17-18,21H2,1-4H3. The average Bonchev–Trinajstić information content (AvgIpc) is 2.95. The van der Waals surface area contributed by atoms with Crippen LogP contribution >= 0.6 is 11.6 Å². The molecule has 0 N–H and O–H groups in total. The molecule has 0 radical (unpaired) electrons. The van der Waals surface area contributed by atoms with Crippen molar-refractivity contribution in [3.8, 4) is 17.2 Å². The fourth-order valence-corrected chi connectivity index (χ4v) is 5.32. The molecule has 3 aromatic rings. The molecular formula is C33H40ClNO5. The van der Waals surface area contributed by atoms with Gasteiger partial charge in [0, 0.05) is 18.2 Å². The van der Waals surface area contributed by atoms with Crippen LogP contribution < -0.4 is 19.1 Å². The Labute approximate surface area is 243 Å². The van der Waals surface area contributed by atoms with Gasteiger partial charge in [-0.25, -0.2) is 0 Å². The Morgan fingerprint density at radius 2 is 1.60 bits per heavy atom. The second-order valence-corrected chi connectivity index (χ2v) is 10.3. The number of hydrogen-bond donors (Lipinski definition) is 0. The number of carbonyl (C=O) groups excluding carboxylic acids is 1. The van der Waals surface area contributed by atoms with E-state index in [1.807, 2.05) is 67.3 Å². The summed E-state index contributed by atoms with van der Waals surface area (Å²) in [6.45, 7) is 8.61. The lowest BCUT2D eigenvalue weighted by atomic mass is 9.86. The number of fused-ring (bicyclic) bond motifs is 1. The maximum Gasteiger partial charge on any atom is 0.232 e. The molecule has 7 heteroatoms. The van der Waals surface area contributed by atoms with E-state index in [-0.39, 0.29) is 18.4 Å². The van der Waals surface area contributed by atoms with Crippen LogP contribution in [-0.2, 0) is 22.4 Å². The number of anilines is 1. The van der Waals surface area contributed by atoms with Crippen LogP contribution in [0, 0.1) is 0 Å². The minimum absolute atomic E-state index is 0.0156. The van der Waals surface area contributed by atoms with E-state index in [4.69, 9.17) is 30.5 Å². The number of aryl methyl sites for hydroxylation is 1. The van der Waals surface area contributed by atoms with Crippen LogP contribution in [0.5, 0.6) is 17.2 Å². The van der Waals surface area contributed by atoms with Crippen molar-refractivity contribution in [2.45, 2.75) is 58.9 Å². The van der Waals surface area contributed by atoms with Gasteiger partial charge >= 0.3 is 0 Å². The molecule has 0 saturated heterocycles. The highest BCUT2D eigenvalue weighted by atomic mass is 35.5. The highest BCUT2D eigenvalue weighted by Gasteiger charge is 2.37. The number of hydrogen-bond acceptors (Lipinski definition) is 5. The summed E-state index contributed by atoms with van der Waals surface area (Å²) in [5.74, 6) is 1.98. The summed E-state index contributed by atoms with van der Waals surface area (Å²) in [6, 6.07) is 17.4. The summed E-state index contributed by atoms with van der Waals surface area (Å²) in [5, 5.41) is 0.640. The first-order valence-corrected chi connectivity index (χ1v) is 14.6. The van der Waals surface area contributed by atoms with Gasteiger partial charge in [0.05, 0.1) is 38.5 Å². The monoisotopic (exact) mass is 565 g/mol. The van der Waals surface area contributed by atoms with E-state index in [1.165, 1.54) is 5.56 Å². The Balaban J connectivity index is 1.73. The van der Waals surface area contributed by atoms with Crippen molar-refractivity contribution in [1.82, 2.24) is 0 Å². The molecule has 1 aliphatic rings. The minimum Gasteiger partial charge on any atom is -0.495 e. The number of nitrogens with zero attached hydrogens (tertiary/aromatic N) is 1. The van der Waals surface area contributed by atoms with Crippen LogP contribution in [0.4, 0.5) is 5.69 Å². The molecule has 0 spiro atoms. The van der Waals surface area contributed by atoms with Crippen molar-refractivity contribution < 1.29 is 23.7 Å². The molecule has 4 rings (SSSR count). The first-order chi connectivity index (χ1) is 19.5. The minimum atomic E-state index is -0.390. The Kier molecular flexibility index (Phi) is 10.7. The molecule has 0 aliphatic carbocycles.